The van der Waals surface area contributed by atoms with Gasteiger partial charge in [-0.05, 0) is 41.5 Å². The van der Waals surface area contributed by atoms with E-state index in [0.29, 0.717) is 32.7 Å². The molecule has 0 aromatic carbocycles. The zero-order valence-corrected chi connectivity index (χ0v) is 21.4. The Morgan fingerprint density at radius 1 is 0.853 bits per heavy atom. The molecule has 2 aromatic rings. The standard InChI is InChI=1S/C24H39N7O3/c1-7-27(8-2)22(33)18-29-12-10-25-20(29)16-31(24(4,5)6)17-21-26-11-13-30(21)19-23(34)28(9-3)14-15-32/h10-13,15H,7-9,14,16-19H2,1-6H3. The lowest BCUT2D eigenvalue weighted by molar-refractivity contribution is -0.133. The van der Waals surface area contributed by atoms with Crippen molar-refractivity contribution in [2.24, 2.45) is 0 Å². The first kappa shape index (κ1) is 27.2. The van der Waals surface area contributed by atoms with Crippen molar-refractivity contribution in [2.45, 2.75) is 73.3 Å². The fraction of sp³-hybridized carbons (Fsp3) is 0.625. The number of likely N-dealkylation sites (N-methyl/N-ethyl adjacent to an activating group) is 2. The number of aromatic nitrogens is 4. The number of imidazole rings is 2. The number of amides is 2. The maximum Gasteiger partial charge on any atom is 0.242 e. The molecule has 0 unspecified atom stereocenters. The minimum Gasteiger partial charge on any atom is -0.342 e. The van der Waals surface area contributed by atoms with Gasteiger partial charge in [-0.15, -0.1) is 0 Å². The van der Waals surface area contributed by atoms with Gasteiger partial charge in [-0.1, -0.05) is 0 Å². The smallest absolute Gasteiger partial charge is 0.242 e. The molecular formula is C24H39N7O3. The van der Waals surface area contributed by atoms with Gasteiger partial charge in [-0.2, -0.15) is 0 Å². The lowest BCUT2D eigenvalue weighted by Gasteiger charge is -2.35. The highest BCUT2D eigenvalue weighted by Gasteiger charge is 2.26. The predicted molar refractivity (Wildman–Crippen MR) is 130 cm³/mol. The average Bonchev–Trinajstić information content (AvgIpc) is 3.41. The number of aldehydes is 1. The molecule has 0 saturated heterocycles. The maximum absolute atomic E-state index is 12.6. The maximum atomic E-state index is 12.6. The van der Waals surface area contributed by atoms with E-state index in [1.807, 2.05) is 41.0 Å². The molecule has 34 heavy (non-hydrogen) atoms. The van der Waals surface area contributed by atoms with Crippen molar-refractivity contribution in [3.8, 4) is 0 Å². The summed E-state index contributed by atoms with van der Waals surface area (Å²) in [5.74, 6) is 1.49. The summed E-state index contributed by atoms with van der Waals surface area (Å²) >= 11 is 0. The third-order valence-electron chi connectivity index (χ3n) is 5.97. The molecule has 0 aliphatic carbocycles. The number of carbonyl (C=O) groups excluding carboxylic acids is 3. The van der Waals surface area contributed by atoms with E-state index >= 15 is 0 Å². The Labute approximate surface area is 202 Å². The molecule has 2 aromatic heterocycles. The second-order valence-corrected chi connectivity index (χ2v) is 9.13. The Morgan fingerprint density at radius 3 is 1.68 bits per heavy atom. The molecule has 2 heterocycles. The highest BCUT2D eigenvalue weighted by molar-refractivity contribution is 5.78. The van der Waals surface area contributed by atoms with Crippen LogP contribution >= 0.6 is 0 Å². The van der Waals surface area contributed by atoms with Crippen molar-refractivity contribution in [3.63, 3.8) is 0 Å². The Morgan fingerprint density at radius 2 is 1.29 bits per heavy atom. The number of carbonyl (C=O) groups is 3. The van der Waals surface area contributed by atoms with Crippen molar-refractivity contribution in [1.29, 1.82) is 0 Å². The summed E-state index contributed by atoms with van der Waals surface area (Å²) in [5.41, 5.74) is -0.215. The van der Waals surface area contributed by atoms with Gasteiger partial charge < -0.3 is 23.7 Å². The van der Waals surface area contributed by atoms with Crippen LogP contribution in [0.1, 0.15) is 53.2 Å². The van der Waals surface area contributed by atoms with Crippen LogP contribution in [0.2, 0.25) is 0 Å². The van der Waals surface area contributed by atoms with Gasteiger partial charge in [0.25, 0.3) is 0 Å². The van der Waals surface area contributed by atoms with E-state index in [0.717, 1.165) is 17.9 Å². The topological polar surface area (TPSA) is 96.6 Å². The van der Waals surface area contributed by atoms with Gasteiger partial charge in [-0.3, -0.25) is 14.5 Å². The highest BCUT2D eigenvalue weighted by atomic mass is 16.2. The third-order valence-corrected chi connectivity index (χ3v) is 5.97. The molecule has 0 aliphatic heterocycles. The molecule has 2 amide bonds. The van der Waals surface area contributed by atoms with Crippen molar-refractivity contribution >= 4 is 18.1 Å². The van der Waals surface area contributed by atoms with Crippen LogP contribution in [0.5, 0.6) is 0 Å². The minimum atomic E-state index is -0.215. The van der Waals surface area contributed by atoms with E-state index < -0.39 is 0 Å². The Balaban J connectivity index is 2.18. The molecule has 0 spiro atoms. The van der Waals surface area contributed by atoms with E-state index in [-0.39, 0.29) is 37.0 Å². The molecule has 2 rings (SSSR count). The normalized spacial score (nSPS) is 11.6. The highest BCUT2D eigenvalue weighted by Crippen LogP contribution is 2.20. The monoisotopic (exact) mass is 473 g/mol. The summed E-state index contributed by atoms with van der Waals surface area (Å²) in [7, 11) is 0. The Kier molecular flexibility index (Phi) is 9.97. The van der Waals surface area contributed by atoms with Gasteiger partial charge in [0.15, 0.2) is 0 Å². The van der Waals surface area contributed by atoms with Crippen molar-refractivity contribution in [1.82, 2.24) is 33.8 Å². The summed E-state index contributed by atoms with van der Waals surface area (Å²) in [5, 5.41) is 0. The van der Waals surface area contributed by atoms with Crippen LogP contribution in [0.15, 0.2) is 24.8 Å². The van der Waals surface area contributed by atoms with Crippen LogP contribution in [0.25, 0.3) is 0 Å². The minimum absolute atomic E-state index is 0.0661. The quantitative estimate of drug-likeness (QED) is 0.412. The predicted octanol–water partition coefficient (Wildman–Crippen LogP) is 1.80. The third kappa shape index (κ3) is 7.24. The molecule has 0 radical (unpaired) electrons. The molecule has 0 fully saturated rings. The summed E-state index contributed by atoms with van der Waals surface area (Å²) in [6, 6.07) is 0. The van der Waals surface area contributed by atoms with Crippen LogP contribution in [0, 0.1) is 0 Å². The van der Waals surface area contributed by atoms with Crippen LogP contribution in [-0.2, 0) is 40.6 Å². The van der Waals surface area contributed by atoms with Crippen LogP contribution in [-0.4, -0.2) is 83.6 Å². The zero-order chi connectivity index (χ0) is 25.3. The molecule has 0 atom stereocenters. The van der Waals surface area contributed by atoms with Crippen LogP contribution in [0.3, 0.4) is 0 Å². The first-order valence-corrected chi connectivity index (χ1v) is 11.9. The van der Waals surface area contributed by atoms with Gasteiger partial charge in [0, 0.05) is 50.0 Å². The first-order valence-electron chi connectivity index (χ1n) is 11.9. The van der Waals surface area contributed by atoms with Crippen molar-refractivity contribution < 1.29 is 14.4 Å². The Hall–Kier alpha value is -3.01. The molecule has 0 saturated carbocycles. The Bertz CT molecular complexity index is 941. The zero-order valence-electron chi connectivity index (χ0n) is 21.4. The second kappa shape index (κ2) is 12.5. The molecular weight excluding hydrogens is 434 g/mol. The molecule has 10 nitrogen and oxygen atoms in total. The summed E-state index contributed by atoms with van der Waals surface area (Å²) in [4.78, 5) is 50.7. The summed E-state index contributed by atoms with van der Waals surface area (Å²) in [6.07, 6.45) is 7.77. The summed E-state index contributed by atoms with van der Waals surface area (Å²) < 4.78 is 3.72. The number of hydrogen-bond acceptors (Lipinski definition) is 6. The van der Waals surface area contributed by atoms with Gasteiger partial charge >= 0.3 is 0 Å². The van der Waals surface area contributed by atoms with Crippen molar-refractivity contribution in [2.75, 3.05) is 26.2 Å². The van der Waals surface area contributed by atoms with Gasteiger partial charge in [0.2, 0.25) is 11.8 Å². The van der Waals surface area contributed by atoms with E-state index in [1.54, 1.807) is 18.6 Å². The molecule has 10 heteroatoms. The number of rotatable bonds is 13. The van der Waals surface area contributed by atoms with Crippen LogP contribution < -0.4 is 0 Å². The van der Waals surface area contributed by atoms with Crippen LogP contribution in [0.4, 0.5) is 0 Å². The number of nitrogens with zero attached hydrogens (tertiary/aromatic N) is 7. The molecule has 0 N–H and O–H groups in total. The molecule has 188 valence electrons. The number of hydrogen-bond donors (Lipinski definition) is 0. The fourth-order valence-electron chi connectivity index (χ4n) is 3.71. The van der Waals surface area contributed by atoms with Gasteiger partial charge in [-0.25, -0.2) is 9.97 Å². The van der Waals surface area contributed by atoms with E-state index in [1.165, 1.54) is 4.90 Å². The van der Waals surface area contributed by atoms with E-state index in [2.05, 4.69) is 35.6 Å². The molecule has 0 bridgehead atoms. The van der Waals surface area contributed by atoms with Crippen molar-refractivity contribution in [3.05, 3.63) is 36.4 Å². The lowest BCUT2D eigenvalue weighted by Crippen LogP contribution is -2.42. The van der Waals surface area contributed by atoms with Gasteiger partial charge in [0.1, 0.15) is 31.0 Å². The largest absolute Gasteiger partial charge is 0.342 e. The van der Waals surface area contributed by atoms with E-state index in [4.69, 9.17) is 0 Å². The average molecular weight is 474 g/mol. The lowest BCUT2D eigenvalue weighted by atomic mass is 10.1. The summed E-state index contributed by atoms with van der Waals surface area (Å²) in [6.45, 7) is 15.5. The second-order valence-electron chi connectivity index (χ2n) is 9.13. The molecule has 0 aliphatic rings. The van der Waals surface area contributed by atoms with Gasteiger partial charge in [0.05, 0.1) is 19.6 Å². The first-order chi connectivity index (χ1) is 16.1. The van der Waals surface area contributed by atoms with E-state index in [9.17, 15) is 14.4 Å². The SMILES string of the molecule is CCN(CC)C(=O)Cn1ccnc1CN(Cc1nccn1CC(=O)N(CC)CC=O)C(C)(C)C. The fourth-order valence-corrected chi connectivity index (χ4v) is 3.71.